The fourth-order valence-corrected chi connectivity index (χ4v) is 2.24. The van der Waals surface area contributed by atoms with Crippen LogP contribution in [0.5, 0.6) is 0 Å². The van der Waals surface area contributed by atoms with Crippen LogP contribution in [0.1, 0.15) is 12.5 Å². The number of hydrogen-bond acceptors (Lipinski definition) is 3. The second-order valence-electron chi connectivity index (χ2n) is 3.64. The lowest BCUT2D eigenvalue weighted by Gasteiger charge is -2.30. The van der Waals surface area contributed by atoms with Crippen LogP contribution in [-0.2, 0) is 11.2 Å². The van der Waals surface area contributed by atoms with Crippen LogP contribution in [0.15, 0.2) is 16.8 Å². The summed E-state index contributed by atoms with van der Waals surface area (Å²) in [5, 5.41) is 7.89. The SMILES string of the molecule is CC(Cc1ccsc1)NC1COC1. The van der Waals surface area contributed by atoms with E-state index in [1.165, 1.54) is 5.56 Å². The third-order valence-electron chi connectivity index (χ3n) is 2.28. The predicted octanol–water partition coefficient (Wildman–Crippen LogP) is 1.67. The molecule has 13 heavy (non-hydrogen) atoms. The molecular formula is C10H15NOS. The molecule has 1 fully saturated rings. The first-order valence-corrected chi connectivity index (χ1v) is 5.64. The van der Waals surface area contributed by atoms with Crippen molar-refractivity contribution in [1.82, 2.24) is 5.32 Å². The van der Waals surface area contributed by atoms with E-state index >= 15 is 0 Å². The number of ether oxygens (including phenoxy) is 1. The van der Waals surface area contributed by atoms with Gasteiger partial charge in [0.1, 0.15) is 0 Å². The Morgan fingerprint density at radius 3 is 3.08 bits per heavy atom. The minimum Gasteiger partial charge on any atom is -0.378 e. The zero-order valence-corrected chi connectivity index (χ0v) is 8.64. The highest BCUT2D eigenvalue weighted by Crippen LogP contribution is 2.10. The van der Waals surface area contributed by atoms with Gasteiger partial charge in [0.2, 0.25) is 0 Å². The van der Waals surface area contributed by atoms with Crippen molar-refractivity contribution >= 4 is 11.3 Å². The van der Waals surface area contributed by atoms with Crippen molar-refractivity contribution < 1.29 is 4.74 Å². The Kier molecular flexibility index (Phi) is 2.98. The lowest BCUT2D eigenvalue weighted by atomic mass is 10.1. The van der Waals surface area contributed by atoms with Crippen LogP contribution >= 0.6 is 11.3 Å². The van der Waals surface area contributed by atoms with Crippen LogP contribution in [-0.4, -0.2) is 25.3 Å². The molecule has 1 aromatic rings. The Bertz CT molecular complexity index is 243. The fraction of sp³-hybridized carbons (Fsp3) is 0.600. The van der Waals surface area contributed by atoms with Gasteiger partial charge < -0.3 is 10.1 Å². The topological polar surface area (TPSA) is 21.3 Å². The first kappa shape index (κ1) is 9.19. The lowest BCUT2D eigenvalue weighted by molar-refractivity contribution is -0.00908. The van der Waals surface area contributed by atoms with E-state index in [9.17, 15) is 0 Å². The largest absolute Gasteiger partial charge is 0.378 e. The van der Waals surface area contributed by atoms with Gasteiger partial charge in [0.05, 0.1) is 19.3 Å². The third-order valence-corrected chi connectivity index (χ3v) is 3.01. The van der Waals surface area contributed by atoms with E-state index in [2.05, 4.69) is 29.1 Å². The van der Waals surface area contributed by atoms with E-state index in [1.807, 2.05) is 0 Å². The van der Waals surface area contributed by atoms with Crippen molar-refractivity contribution in [3.8, 4) is 0 Å². The summed E-state index contributed by atoms with van der Waals surface area (Å²) >= 11 is 1.77. The molecule has 0 spiro atoms. The highest BCUT2D eigenvalue weighted by Gasteiger charge is 2.19. The van der Waals surface area contributed by atoms with Crippen molar-refractivity contribution in [3.05, 3.63) is 22.4 Å². The quantitative estimate of drug-likeness (QED) is 0.792. The summed E-state index contributed by atoms with van der Waals surface area (Å²) in [5.41, 5.74) is 1.44. The minimum atomic E-state index is 0.559. The Balaban J connectivity index is 1.74. The van der Waals surface area contributed by atoms with Crippen molar-refractivity contribution in [3.63, 3.8) is 0 Å². The average Bonchev–Trinajstić information content (AvgIpc) is 2.49. The van der Waals surface area contributed by atoms with Crippen molar-refractivity contribution in [2.45, 2.75) is 25.4 Å². The molecule has 0 aliphatic carbocycles. The molecule has 1 saturated heterocycles. The molecular weight excluding hydrogens is 182 g/mol. The van der Waals surface area contributed by atoms with Gasteiger partial charge >= 0.3 is 0 Å². The molecule has 1 aliphatic rings. The smallest absolute Gasteiger partial charge is 0.0643 e. The van der Waals surface area contributed by atoms with Crippen LogP contribution in [0.3, 0.4) is 0 Å². The highest BCUT2D eigenvalue weighted by atomic mass is 32.1. The molecule has 2 heterocycles. The molecule has 1 aliphatic heterocycles. The third kappa shape index (κ3) is 2.53. The summed E-state index contributed by atoms with van der Waals surface area (Å²) in [4.78, 5) is 0. The Morgan fingerprint density at radius 1 is 1.69 bits per heavy atom. The van der Waals surface area contributed by atoms with Crippen LogP contribution in [0.25, 0.3) is 0 Å². The van der Waals surface area contributed by atoms with Crippen molar-refractivity contribution in [2.75, 3.05) is 13.2 Å². The maximum atomic E-state index is 5.11. The molecule has 72 valence electrons. The van der Waals surface area contributed by atoms with Crippen LogP contribution in [0, 0.1) is 0 Å². The van der Waals surface area contributed by atoms with Gasteiger partial charge in [-0.25, -0.2) is 0 Å². The van der Waals surface area contributed by atoms with Crippen LogP contribution in [0.2, 0.25) is 0 Å². The molecule has 0 amide bonds. The van der Waals surface area contributed by atoms with Gasteiger partial charge in [0.25, 0.3) is 0 Å². The van der Waals surface area contributed by atoms with E-state index in [0.29, 0.717) is 12.1 Å². The molecule has 0 aromatic carbocycles. The van der Waals surface area contributed by atoms with Crippen molar-refractivity contribution in [1.29, 1.82) is 0 Å². The van der Waals surface area contributed by atoms with Gasteiger partial charge in [0, 0.05) is 6.04 Å². The Hall–Kier alpha value is -0.380. The van der Waals surface area contributed by atoms with E-state index in [0.717, 1.165) is 19.6 Å². The van der Waals surface area contributed by atoms with Gasteiger partial charge in [-0.2, -0.15) is 11.3 Å². The standard InChI is InChI=1S/C10H15NOS/c1-8(11-10-5-12-6-10)4-9-2-3-13-7-9/h2-3,7-8,10-11H,4-6H2,1H3. The van der Waals surface area contributed by atoms with E-state index in [4.69, 9.17) is 4.74 Å². The summed E-state index contributed by atoms with van der Waals surface area (Å²) in [6, 6.07) is 3.34. The summed E-state index contributed by atoms with van der Waals surface area (Å²) in [6.07, 6.45) is 1.12. The normalized spacial score (nSPS) is 19.8. The van der Waals surface area contributed by atoms with Crippen molar-refractivity contribution in [2.24, 2.45) is 0 Å². The van der Waals surface area contributed by atoms with E-state index in [-0.39, 0.29) is 0 Å². The summed E-state index contributed by atoms with van der Waals surface area (Å²) in [5.74, 6) is 0. The maximum absolute atomic E-state index is 5.11. The molecule has 3 heteroatoms. The Morgan fingerprint density at radius 2 is 2.54 bits per heavy atom. The number of rotatable bonds is 4. The minimum absolute atomic E-state index is 0.559. The Labute approximate surface area is 82.9 Å². The lowest BCUT2D eigenvalue weighted by Crippen LogP contribution is -2.50. The number of thiophene rings is 1. The maximum Gasteiger partial charge on any atom is 0.0643 e. The molecule has 1 atom stereocenters. The van der Waals surface area contributed by atoms with Crippen LogP contribution in [0.4, 0.5) is 0 Å². The second kappa shape index (κ2) is 4.22. The molecule has 1 unspecified atom stereocenters. The van der Waals surface area contributed by atoms with E-state index < -0.39 is 0 Å². The van der Waals surface area contributed by atoms with Gasteiger partial charge in [-0.1, -0.05) is 0 Å². The molecule has 2 rings (SSSR count). The molecule has 1 N–H and O–H groups in total. The molecule has 1 aromatic heterocycles. The molecule has 2 nitrogen and oxygen atoms in total. The van der Waals surface area contributed by atoms with Crippen LogP contribution < -0.4 is 5.32 Å². The monoisotopic (exact) mass is 197 g/mol. The zero-order chi connectivity index (χ0) is 9.10. The number of nitrogens with one attached hydrogen (secondary N) is 1. The predicted molar refractivity (Wildman–Crippen MR) is 55.2 cm³/mol. The summed E-state index contributed by atoms with van der Waals surface area (Å²) in [6.45, 7) is 4.00. The summed E-state index contributed by atoms with van der Waals surface area (Å²) < 4.78 is 5.11. The fourth-order valence-electron chi connectivity index (χ4n) is 1.56. The van der Waals surface area contributed by atoms with Gasteiger partial charge in [0.15, 0.2) is 0 Å². The van der Waals surface area contributed by atoms with Gasteiger partial charge in [-0.3, -0.25) is 0 Å². The van der Waals surface area contributed by atoms with E-state index in [1.54, 1.807) is 11.3 Å². The first-order valence-electron chi connectivity index (χ1n) is 4.69. The average molecular weight is 197 g/mol. The molecule has 0 bridgehead atoms. The summed E-state index contributed by atoms with van der Waals surface area (Å²) in [7, 11) is 0. The second-order valence-corrected chi connectivity index (χ2v) is 4.42. The zero-order valence-electron chi connectivity index (χ0n) is 7.82. The van der Waals surface area contributed by atoms with Gasteiger partial charge in [-0.05, 0) is 35.7 Å². The molecule has 0 radical (unpaired) electrons. The molecule has 0 saturated carbocycles. The number of hydrogen-bond donors (Lipinski definition) is 1. The first-order chi connectivity index (χ1) is 6.34. The highest BCUT2D eigenvalue weighted by molar-refractivity contribution is 7.07. The van der Waals surface area contributed by atoms with Gasteiger partial charge in [-0.15, -0.1) is 0 Å².